The van der Waals surface area contributed by atoms with Crippen molar-refractivity contribution in [3.8, 4) is 10.6 Å². The first kappa shape index (κ1) is 16.8. The van der Waals surface area contributed by atoms with Crippen LogP contribution in [0, 0.1) is 0 Å². The quantitative estimate of drug-likeness (QED) is 0.841. The molecule has 0 aromatic carbocycles. The monoisotopic (exact) mass is 361 g/mol. The molecular weight excluding hydrogens is 338 g/mol. The molecule has 1 atom stereocenters. The van der Waals surface area contributed by atoms with E-state index in [0.717, 1.165) is 50.6 Å². The molecule has 25 heavy (non-hydrogen) atoms. The van der Waals surface area contributed by atoms with E-state index < -0.39 is 0 Å². The number of carbonyl (C=O) groups is 1. The summed E-state index contributed by atoms with van der Waals surface area (Å²) in [7, 11) is 0. The number of nitrogens with zero attached hydrogens (tertiary/aromatic N) is 3. The maximum absolute atomic E-state index is 12.8. The average molecular weight is 361 g/mol. The molecule has 1 amide bonds. The summed E-state index contributed by atoms with van der Waals surface area (Å²) in [4.78, 5) is 18.3. The Morgan fingerprint density at radius 2 is 2.16 bits per heavy atom. The molecule has 2 aromatic rings. The summed E-state index contributed by atoms with van der Waals surface area (Å²) in [6, 6.07) is 6.44. The molecule has 4 rings (SSSR count). The molecule has 4 heterocycles. The summed E-state index contributed by atoms with van der Waals surface area (Å²) < 4.78 is 10.8. The molecule has 0 aliphatic carbocycles. The van der Waals surface area contributed by atoms with Gasteiger partial charge in [-0.15, -0.1) is 11.3 Å². The van der Waals surface area contributed by atoms with Gasteiger partial charge in [0.2, 0.25) is 0 Å². The van der Waals surface area contributed by atoms with Crippen LogP contribution in [0.4, 0.5) is 0 Å². The van der Waals surface area contributed by atoms with Gasteiger partial charge in [-0.05, 0) is 31.2 Å². The van der Waals surface area contributed by atoms with E-state index in [1.165, 1.54) is 0 Å². The average Bonchev–Trinajstić information content (AvgIpc) is 3.33. The molecule has 0 bridgehead atoms. The Balaban J connectivity index is 1.41. The largest absolute Gasteiger partial charge is 0.381 e. The number of carbonyl (C=O) groups excluding carboxylic acids is 1. The van der Waals surface area contributed by atoms with E-state index in [9.17, 15) is 4.79 Å². The van der Waals surface area contributed by atoms with Gasteiger partial charge >= 0.3 is 0 Å². The molecule has 0 radical (unpaired) electrons. The lowest BCUT2D eigenvalue weighted by Crippen LogP contribution is -2.57. The molecule has 134 valence electrons. The van der Waals surface area contributed by atoms with Crippen LogP contribution >= 0.6 is 11.3 Å². The summed E-state index contributed by atoms with van der Waals surface area (Å²) in [6.07, 6.45) is 2.18. The van der Waals surface area contributed by atoms with Gasteiger partial charge in [-0.2, -0.15) is 0 Å². The van der Waals surface area contributed by atoms with Crippen molar-refractivity contribution in [1.29, 1.82) is 0 Å². The summed E-state index contributed by atoms with van der Waals surface area (Å²) in [5.74, 6) is 0.623. The highest BCUT2D eigenvalue weighted by molar-refractivity contribution is 7.13. The van der Waals surface area contributed by atoms with Gasteiger partial charge in [0.25, 0.3) is 5.91 Å². The van der Waals surface area contributed by atoms with Crippen molar-refractivity contribution in [2.24, 2.45) is 0 Å². The van der Waals surface area contributed by atoms with Gasteiger partial charge in [0, 0.05) is 51.0 Å². The second kappa shape index (κ2) is 7.27. The minimum absolute atomic E-state index is 0.0364. The smallest absolute Gasteiger partial charge is 0.276 e. The Morgan fingerprint density at radius 1 is 1.32 bits per heavy atom. The topological polar surface area (TPSA) is 58.8 Å². The van der Waals surface area contributed by atoms with Gasteiger partial charge in [0.1, 0.15) is 0 Å². The van der Waals surface area contributed by atoms with Gasteiger partial charge in [0.15, 0.2) is 11.5 Å². The number of piperazine rings is 1. The van der Waals surface area contributed by atoms with E-state index in [-0.39, 0.29) is 11.9 Å². The molecule has 0 saturated carbocycles. The number of rotatable bonds is 3. The predicted molar refractivity (Wildman–Crippen MR) is 95.7 cm³/mol. The van der Waals surface area contributed by atoms with E-state index >= 15 is 0 Å². The zero-order valence-electron chi connectivity index (χ0n) is 14.4. The lowest BCUT2D eigenvalue weighted by molar-refractivity contribution is 0.000448. The van der Waals surface area contributed by atoms with Crippen LogP contribution in [0.25, 0.3) is 10.6 Å². The van der Waals surface area contributed by atoms with Crippen molar-refractivity contribution in [2.75, 3.05) is 32.8 Å². The lowest BCUT2D eigenvalue weighted by atomic mass is 10.0. The predicted octanol–water partition coefficient (Wildman–Crippen LogP) is 2.73. The molecule has 0 spiro atoms. The van der Waals surface area contributed by atoms with Crippen LogP contribution in [-0.4, -0.2) is 65.8 Å². The maximum Gasteiger partial charge on any atom is 0.276 e. The molecule has 2 aliphatic rings. The normalized spacial score (nSPS) is 23.1. The SMILES string of the molecule is C[C@H]1CN(C2CCOCC2)CCN1C(=O)c1cc(-c2cccs2)on1. The van der Waals surface area contributed by atoms with Crippen LogP contribution < -0.4 is 0 Å². The third kappa shape index (κ3) is 3.49. The van der Waals surface area contributed by atoms with E-state index in [1.807, 2.05) is 22.4 Å². The standard InChI is InChI=1S/C18H23N3O3S/c1-13-12-20(14-4-8-23-9-5-14)6-7-21(13)18(22)15-11-16(24-19-15)17-3-2-10-25-17/h2-3,10-11,13-14H,4-9,12H2,1H3/t13-/m0/s1. The Hall–Kier alpha value is -1.70. The number of amides is 1. The van der Waals surface area contributed by atoms with Crippen LogP contribution in [0.15, 0.2) is 28.1 Å². The third-order valence-electron chi connectivity index (χ3n) is 5.12. The van der Waals surface area contributed by atoms with Crippen LogP contribution in [0.3, 0.4) is 0 Å². The van der Waals surface area contributed by atoms with Gasteiger partial charge in [0.05, 0.1) is 4.88 Å². The molecule has 2 fully saturated rings. The fraction of sp³-hybridized carbons (Fsp3) is 0.556. The molecule has 6 nitrogen and oxygen atoms in total. The Kier molecular flexibility index (Phi) is 4.87. The highest BCUT2D eigenvalue weighted by Crippen LogP contribution is 2.26. The van der Waals surface area contributed by atoms with E-state index in [2.05, 4.69) is 17.0 Å². The van der Waals surface area contributed by atoms with Crippen molar-refractivity contribution >= 4 is 17.2 Å². The van der Waals surface area contributed by atoms with Crippen molar-refractivity contribution in [3.05, 3.63) is 29.3 Å². The van der Waals surface area contributed by atoms with Gasteiger partial charge in [-0.1, -0.05) is 11.2 Å². The van der Waals surface area contributed by atoms with Gasteiger partial charge < -0.3 is 14.2 Å². The van der Waals surface area contributed by atoms with Crippen LogP contribution in [0.1, 0.15) is 30.3 Å². The van der Waals surface area contributed by atoms with E-state index in [1.54, 1.807) is 17.4 Å². The van der Waals surface area contributed by atoms with Gasteiger partial charge in [-0.3, -0.25) is 9.69 Å². The number of hydrogen-bond donors (Lipinski definition) is 0. The molecule has 2 aromatic heterocycles. The van der Waals surface area contributed by atoms with Crippen molar-refractivity contribution in [2.45, 2.75) is 31.8 Å². The molecular formula is C18H23N3O3S. The van der Waals surface area contributed by atoms with Crippen molar-refractivity contribution in [3.63, 3.8) is 0 Å². The molecule has 0 N–H and O–H groups in total. The highest BCUT2D eigenvalue weighted by Gasteiger charge is 2.33. The molecule has 2 aliphatic heterocycles. The van der Waals surface area contributed by atoms with Crippen LogP contribution in [0.5, 0.6) is 0 Å². The maximum atomic E-state index is 12.8. The lowest BCUT2D eigenvalue weighted by Gasteiger charge is -2.44. The van der Waals surface area contributed by atoms with Crippen molar-refractivity contribution < 1.29 is 14.1 Å². The zero-order valence-corrected chi connectivity index (χ0v) is 15.2. The minimum atomic E-state index is -0.0364. The minimum Gasteiger partial charge on any atom is -0.381 e. The molecule has 0 unspecified atom stereocenters. The Bertz CT molecular complexity index is 709. The highest BCUT2D eigenvalue weighted by atomic mass is 32.1. The first-order valence-corrected chi connectivity index (χ1v) is 9.73. The Morgan fingerprint density at radius 3 is 2.88 bits per heavy atom. The first-order valence-electron chi connectivity index (χ1n) is 8.86. The molecule has 2 saturated heterocycles. The second-order valence-corrected chi connectivity index (χ2v) is 7.69. The fourth-order valence-electron chi connectivity index (χ4n) is 3.73. The Labute approximate surface area is 151 Å². The second-order valence-electron chi connectivity index (χ2n) is 6.74. The van der Waals surface area contributed by atoms with Gasteiger partial charge in [-0.25, -0.2) is 0 Å². The molecule has 7 heteroatoms. The summed E-state index contributed by atoms with van der Waals surface area (Å²) in [5, 5.41) is 5.98. The first-order chi connectivity index (χ1) is 12.2. The fourth-order valence-corrected chi connectivity index (χ4v) is 4.40. The summed E-state index contributed by atoms with van der Waals surface area (Å²) >= 11 is 1.58. The number of aromatic nitrogens is 1. The zero-order chi connectivity index (χ0) is 17.2. The number of thiophene rings is 1. The van der Waals surface area contributed by atoms with Crippen molar-refractivity contribution in [1.82, 2.24) is 15.0 Å². The summed E-state index contributed by atoms with van der Waals surface area (Å²) in [6.45, 7) is 6.37. The van der Waals surface area contributed by atoms with Crippen LogP contribution in [-0.2, 0) is 4.74 Å². The van der Waals surface area contributed by atoms with Crippen LogP contribution in [0.2, 0.25) is 0 Å². The number of hydrogen-bond acceptors (Lipinski definition) is 6. The summed E-state index contributed by atoms with van der Waals surface area (Å²) in [5.41, 5.74) is 0.398. The van der Waals surface area contributed by atoms with E-state index in [0.29, 0.717) is 17.5 Å². The number of ether oxygens (including phenoxy) is 1. The van der Waals surface area contributed by atoms with E-state index in [4.69, 9.17) is 9.26 Å². The third-order valence-corrected chi connectivity index (χ3v) is 6.00.